The molecule has 3 N–H and O–H groups in total. The Labute approximate surface area is 191 Å². The van der Waals surface area contributed by atoms with E-state index in [1.54, 1.807) is 36.3 Å². The highest BCUT2D eigenvalue weighted by Crippen LogP contribution is 2.22. The number of methoxy groups -OCH3 is 1. The molecule has 1 aromatic rings. The van der Waals surface area contributed by atoms with Crippen molar-refractivity contribution in [2.24, 2.45) is 11.8 Å². The molecule has 4 amide bonds. The van der Waals surface area contributed by atoms with Crippen molar-refractivity contribution in [3.8, 4) is 5.75 Å². The molecule has 0 radical (unpaired) electrons. The Kier molecular flexibility index (Phi) is 8.92. The molecule has 1 heterocycles. The molecule has 0 bridgehead atoms. The first-order chi connectivity index (χ1) is 15.0. The number of rotatable bonds is 7. The average molecular weight is 447 g/mol. The molecular weight excluding hydrogens is 408 g/mol. The molecule has 1 aromatic carbocycles. The number of hydrogen-bond donors (Lipinski definition) is 3. The van der Waals surface area contributed by atoms with E-state index in [1.807, 2.05) is 34.6 Å². The Balaban J connectivity index is 2.07. The van der Waals surface area contributed by atoms with E-state index in [1.165, 1.54) is 0 Å². The normalized spacial score (nSPS) is 15.8. The van der Waals surface area contributed by atoms with E-state index in [9.17, 15) is 14.4 Å². The van der Waals surface area contributed by atoms with Crippen molar-refractivity contribution in [1.82, 2.24) is 20.9 Å². The molecule has 1 saturated heterocycles. The number of nitrogens with zero attached hydrogens (tertiary/aromatic N) is 1. The first kappa shape index (κ1) is 25.5. The maximum absolute atomic E-state index is 13.0. The van der Waals surface area contributed by atoms with E-state index >= 15 is 0 Å². The molecular formula is C24H38N4O4. The number of nitrogens with one attached hydrogen (secondary N) is 3. The van der Waals surface area contributed by atoms with Gasteiger partial charge in [-0.15, -0.1) is 0 Å². The Morgan fingerprint density at radius 2 is 1.69 bits per heavy atom. The number of amides is 4. The van der Waals surface area contributed by atoms with Crippen molar-refractivity contribution >= 4 is 17.8 Å². The van der Waals surface area contributed by atoms with Crippen molar-refractivity contribution in [3.63, 3.8) is 0 Å². The van der Waals surface area contributed by atoms with E-state index < -0.39 is 6.04 Å². The van der Waals surface area contributed by atoms with Gasteiger partial charge in [0, 0.05) is 30.7 Å². The van der Waals surface area contributed by atoms with Crippen LogP contribution in [0.25, 0.3) is 0 Å². The summed E-state index contributed by atoms with van der Waals surface area (Å²) in [7, 11) is 1.57. The van der Waals surface area contributed by atoms with Gasteiger partial charge in [0.05, 0.1) is 7.11 Å². The minimum atomic E-state index is -0.656. The quantitative estimate of drug-likeness (QED) is 0.600. The zero-order valence-corrected chi connectivity index (χ0v) is 20.2. The van der Waals surface area contributed by atoms with Crippen LogP contribution in [0, 0.1) is 11.8 Å². The van der Waals surface area contributed by atoms with E-state index in [0.717, 1.165) is 0 Å². The lowest BCUT2D eigenvalue weighted by atomic mass is 9.88. The molecule has 1 aliphatic rings. The lowest BCUT2D eigenvalue weighted by Crippen LogP contribution is -2.56. The third-order valence-corrected chi connectivity index (χ3v) is 5.39. The van der Waals surface area contributed by atoms with Gasteiger partial charge in [0.1, 0.15) is 11.8 Å². The fourth-order valence-electron chi connectivity index (χ4n) is 3.61. The van der Waals surface area contributed by atoms with Gasteiger partial charge in [0.15, 0.2) is 0 Å². The van der Waals surface area contributed by atoms with Gasteiger partial charge in [-0.05, 0) is 69.7 Å². The summed E-state index contributed by atoms with van der Waals surface area (Å²) >= 11 is 0. The molecule has 178 valence electrons. The van der Waals surface area contributed by atoms with Crippen LogP contribution in [0.2, 0.25) is 0 Å². The van der Waals surface area contributed by atoms with Crippen LogP contribution in [0.15, 0.2) is 24.3 Å². The summed E-state index contributed by atoms with van der Waals surface area (Å²) in [6, 6.07) is 6.03. The number of carbonyl (C=O) groups is 3. The first-order valence-electron chi connectivity index (χ1n) is 11.3. The van der Waals surface area contributed by atoms with Crippen LogP contribution in [-0.2, 0) is 4.79 Å². The molecule has 0 saturated carbocycles. The largest absolute Gasteiger partial charge is 0.497 e. The maximum Gasteiger partial charge on any atom is 0.317 e. The van der Waals surface area contributed by atoms with Crippen LogP contribution in [0.4, 0.5) is 4.79 Å². The van der Waals surface area contributed by atoms with Gasteiger partial charge in [-0.25, -0.2) is 4.79 Å². The van der Waals surface area contributed by atoms with Crippen LogP contribution < -0.4 is 20.7 Å². The standard InChI is InChI=1S/C24H38N4O4/c1-16(2)15-25-22(30)20(26-21(29)18-7-9-19(32-6)10-8-18)17-11-13-28(14-12-17)23(31)27-24(3,4)5/h7-10,16-17,20H,11-15H2,1-6H3,(H,25,30)(H,26,29)(H,27,31)/t20-/m0/s1. The zero-order chi connectivity index (χ0) is 23.9. The lowest BCUT2D eigenvalue weighted by molar-refractivity contribution is -0.124. The summed E-state index contributed by atoms with van der Waals surface area (Å²) in [6.45, 7) is 11.5. The fraction of sp³-hybridized carbons (Fsp3) is 0.625. The molecule has 1 aliphatic heterocycles. The highest BCUT2D eigenvalue weighted by molar-refractivity contribution is 5.97. The van der Waals surface area contributed by atoms with Gasteiger partial charge < -0.3 is 25.6 Å². The van der Waals surface area contributed by atoms with E-state index in [4.69, 9.17) is 4.74 Å². The maximum atomic E-state index is 13.0. The van der Waals surface area contributed by atoms with E-state index in [2.05, 4.69) is 16.0 Å². The second-order valence-electron chi connectivity index (χ2n) is 9.82. The molecule has 1 fully saturated rings. The summed E-state index contributed by atoms with van der Waals surface area (Å²) in [5.41, 5.74) is 0.161. The van der Waals surface area contributed by atoms with Crippen LogP contribution >= 0.6 is 0 Å². The van der Waals surface area contributed by atoms with Crippen molar-refractivity contribution in [2.45, 2.75) is 59.0 Å². The molecule has 2 rings (SSSR count). The SMILES string of the molecule is COc1ccc(C(=O)N[C@H](C(=O)NCC(C)C)C2CCN(C(=O)NC(C)(C)C)CC2)cc1. The molecule has 0 aromatic heterocycles. The third kappa shape index (κ3) is 7.73. The average Bonchev–Trinajstić information content (AvgIpc) is 2.74. The minimum absolute atomic E-state index is 0.0527. The molecule has 0 unspecified atom stereocenters. The van der Waals surface area contributed by atoms with Crippen LogP contribution in [0.5, 0.6) is 5.75 Å². The number of benzene rings is 1. The number of hydrogen-bond acceptors (Lipinski definition) is 4. The van der Waals surface area contributed by atoms with Crippen LogP contribution in [0.3, 0.4) is 0 Å². The summed E-state index contributed by atoms with van der Waals surface area (Å²) in [4.78, 5) is 40.1. The monoisotopic (exact) mass is 446 g/mol. The minimum Gasteiger partial charge on any atom is -0.497 e. The molecule has 0 spiro atoms. The Morgan fingerprint density at radius 1 is 1.09 bits per heavy atom. The van der Waals surface area contributed by atoms with Gasteiger partial charge in [0.25, 0.3) is 5.91 Å². The van der Waals surface area contributed by atoms with E-state index in [0.29, 0.717) is 49.7 Å². The summed E-state index contributed by atoms with van der Waals surface area (Å²) in [6.07, 6.45) is 1.28. The molecule has 8 heteroatoms. The predicted octanol–water partition coefficient (Wildman–Crippen LogP) is 2.79. The highest BCUT2D eigenvalue weighted by Gasteiger charge is 2.34. The molecule has 1 atom stereocenters. The Hall–Kier alpha value is -2.77. The zero-order valence-electron chi connectivity index (χ0n) is 20.2. The summed E-state index contributed by atoms with van der Waals surface area (Å²) in [5.74, 6) is 0.431. The van der Waals surface area contributed by atoms with Crippen molar-refractivity contribution in [1.29, 1.82) is 0 Å². The number of likely N-dealkylation sites (tertiary alicyclic amines) is 1. The van der Waals surface area contributed by atoms with Crippen LogP contribution in [0.1, 0.15) is 57.8 Å². The van der Waals surface area contributed by atoms with Gasteiger partial charge >= 0.3 is 6.03 Å². The molecule has 32 heavy (non-hydrogen) atoms. The Bertz CT molecular complexity index is 778. The highest BCUT2D eigenvalue weighted by atomic mass is 16.5. The van der Waals surface area contributed by atoms with Gasteiger partial charge in [-0.2, -0.15) is 0 Å². The van der Waals surface area contributed by atoms with Crippen LogP contribution in [-0.4, -0.2) is 61.1 Å². The number of ether oxygens (including phenoxy) is 1. The fourth-order valence-corrected chi connectivity index (χ4v) is 3.61. The predicted molar refractivity (Wildman–Crippen MR) is 125 cm³/mol. The van der Waals surface area contributed by atoms with Gasteiger partial charge in [-0.3, -0.25) is 9.59 Å². The van der Waals surface area contributed by atoms with Gasteiger partial charge in [0.2, 0.25) is 5.91 Å². The summed E-state index contributed by atoms with van der Waals surface area (Å²) in [5, 5.41) is 8.87. The van der Waals surface area contributed by atoms with E-state index in [-0.39, 0.29) is 29.3 Å². The first-order valence-corrected chi connectivity index (χ1v) is 11.3. The van der Waals surface area contributed by atoms with Gasteiger partial charge in [-0.1, -0.05) is 13.8 Å². The van der Waals surface area contributed by atoms with Crippen molar-refractivity contribution in [3.05, 3.63) is 29.8 Å². The topological polar surface area (TPSA) is 99.8 Å². The second-order valence-corrected chi connectivity index (χ2v) is 9.82. The van der Waals surface area contributed by atoms with Crippen molar-refractivity contribution in [2.75, 3.05) is 26.7 Å². The molecule has 8 nitrogen and oxygen atoms in total. The third-order valence-electron chi connectivity index (χ3n) is 5.39. The smallest absolute Gasteiger partial charge is 0.317 e. The molecule has 0 aliphatic carbocycles. The lowest BCUT2D eigenvalue weighted by Gasteiger charge is -2.37. The second kappa shape index (κ2) is 11.2. The number of carbonyl (C=O) groups excluding carboxylic acids is 3. The Morgan fingerprint density at radius 3 is 2.19 bits per heavy atom. The number of piperidine rings is 1. The number of urea groups is 1. The van der Waals surface area contributed by atoms with Crippen molar-refractivity contribution < 1.29 is 19.1 Å². The summed E-state index contributed by atoms with van der Waals surface area (Å²) < 4.78 is 5.14.